The van der Waals surface area contributed by atoms with E-state index in [0.717, 1.165) is 0 Å². The van der Waals surface area contributed by atoms with Crippen molar-refractivity contribution >= 4 is 5.96 Å². The molecule has 4 heteroatoms. The van der Waals surface area contributed by atoms with Crippen LogP contribution in [0.4, 0.5) is 0 Å². The Kier molecular flexibility index (Phi) is 6.70. The number of hydrogen-bond donors (Lipinski definition) is 3. The predicted octanol–water partition coefficient (Wildman–Crippen LogP) is -1.16. The Labute approximate surface area is 40.7 Å². The molecule has 0 heterocycles. The normalized spacial score (nSPS) is 4.80. The maximum absolute atomic E-state index is 6.06. The fraction of sp³-hybridized carbons (Fsp3) is 0. The first-order valence-electron chi connectivity index (χ1n) is 0.827. The molecule has 0 atom stereocenters. The van der Waals surface area contributed by atoms with Crippen LogP contribution in [0.2, 0.25) is 0 Å². The van der Waals surface area contributed by atoms with Gasteiger partial charge in [-0.05, 0) is 0 Å². The summed E-state index contributed by atoms with van der Waals surface area (Å²) in [5, 5.41) is 6.06. The molecule has 0 fully saturated rings. The van der Waals surface area contributed by atoms with E-state index in [9.17, 15) is 0 Å². The van der Waals surface area contributed by atoms with E-state index in [1.165, 1.54) is 0 Å². The number of rotatable bonds is 0. The van der Waals surface area contributed by atoms with Gasteiger partial charge >= 0.3 is 17.1 Å². The van der Waals surface area contributed by atoms with Crippen molar-refractivity contribution in [2.45, 2.75) is 0 Å². The van der Waals surface area contributed by atoms with Gasteiger partial charge in [-0.3, -0.25) is 5.41 Å². The van der Waals surface area contributed by atoms with Crippen LogP contribution in [0.25, 0.3) is 0 Å². The van der Waals surface area contributed by atoms with Crippen molar-refractivity contribution in [3.63, 3.8) is 0 Å². The molecule has 0 amide bonds. The average molecular weight is 123 g/mol. The Morgan fingerprint density at radius 3 is 1.40 bits per heavy atom. The average Bonchev–Trinajstić information content (AvgIpc) is 0.811. The largest absolute Gasteiger partial charge is 1.00 e. The molecule has 0 aliphatic carbocycles. The van der Waals surface area contributed by atoms with Gasteiger partial charge in [0.05, 0.1) is 0 Å². The van der Waals surface area contributed by atoms with E-state index in [2.05, 4.69) is 11.5 Å². The van der Waals surface area contributed by atoms with Gasteiger partial charge in [0.25, 0.3) is 0 Å². The molecule has 5 heavy (non-hydrogen) atoms. The van der Waals surface area contributed by atoms with Crippen molar-refractivity contribution in [1.29, 1.82) is 5.41 Å². The molecule has 0 rings (SSSR count). The van der Waals surface area contributed by atoms with E-state index in [-0.39, 0.29) is 23.0 Å². The van der Waals surface area contributed by atoms with Gasteiger partial charge in [0, 0.05) is 0 Å². The van der Waals surface area contributed by atoms with Crippen LogP contribution in [-0.4, -0.2) is 5.96 Å². The molecule has 3 nitrogen and oxygen atoms in total. The van der Waals surface area contributed by atoms with Crippen molar-refractivity contribution in [2.24, 2.45) is 11.5 Å². The molecule has 0 saturated carbocycles. The minimum Gasteiger partial charge on any atom is -0.370 e. The van der Waals surface area contributed by atoms with Gasteiger partial charge in [-0.2, -0.15) is 0 Å². The van der Waals surface area contributed by atoms with Crippen molar-refractivity contribution in [2.75, 3.05) is 0 Å². The maximum Gasteiger partial charge on any atom is 1.00 e. The third-order valence-electron chi connectivity index (χ3n) is 0. The summed E-state index contributed by atoms with van der Waals surface area (Å²) in [5.41, 5.74) is 8.94. The van der Waals surface area contributed by atoms with Crippen molar-refractivity contribution in [3.8, 4) is 0 Å². The third kappa shape index (κ3) is 274. The first-order valence-corrected chi connectivity index (χ1v) is 0.827. The zero-order valence-electron chi connectivity index (χ0n) is 2.46. The molecule has 0 unspecified atom stereocenters. The van der Waals surface area contributed by atoms with Crippen molar-refractivity contribution < 1.29 is 17.1 Å². The van der Waals surface area contributed by atoms with Crippen LogP contribution in [-0.2, 0) is 17.1 Å². The predicted molar refractivity (Wildman–Crippen MR) is 16.1 cm³/mol. The smallest absolute Gasteiger partial charge is 0.370 e. The molecular weight excluding hydrogens is 118 g/mol. The minimum atomic E-state index is -0.333. The van der Waals surface area contributed by atoms with Crippen LogP contribution in [0.5, 0.6) is 0 Å². The van der Waals surface area contributed by atoms with Gasteiger partial charge in [0.1, 0.15) is 0 Å². The molecule has 0 aromatic carbocycles. The fourth-order valence-electron chi connectivity index (χ4n) is 0. The van der Waals surface area contributed by atoms with Crippen LogP contribution in [0.3, 0.4) is 0 Å². The second-order valence-corrected chi connectivity index (χ2v) is 0.455. The van der Waals surface area contributed by atoms with Gasteiger partial charge in [0.2, 0.25) is 0 Å². The first kappa shape index (κ1) is 8.84. The SMILES string of the molecule is N=C(N)N.[Cu+]. The molecule has 0 aliphatic rings. The van der Waals surface area contributed by atoms with Crippen LogP contribution >= 0.6 is 0 Å². The van der Waals surface area contributed by atoms with E-state index in [1.807, 2.05) is 0 Å². The molecule has 0 aromatic heterocycles. The third-order valence-corrected chi connectivity index (χ3v) is 0. The molecule has 0 aromatic rings. The molecule has 5 N–H and O–H groups in total. The Balaban J connectivity index is 0. The summed E-state index contributed by atoms with van der Waals surface area (Å²) >= 11 is 0. The molecule has 0 spiro atoms. The number of hydrogen-bond acceptors (Lipinski definition) is 1. The summed E-state index contributed by atoms with van der Waals surface area (Å²) < 4.78 is 0. The Bertz CT molecular complexity index is 29.9. The van der Waals surface area contributed by atoms with Gasteiger partial charge < -0.3 is 11.5 Å². The summed E-state index contributed by atoms with van der Waals surface area (Å²) in [6, 6.07) is 0. The van der Waals surface area contributed by atoms with E-state index >= 15 is 0 Å². The van der Waals surface area contributed by atoms with Gasteiger partial charge in [-0.25, -0.2) is 0 Å². The van der Waals surface area contributed by atoms with Gasteiger partial charge in [0.15, 0.2) is 5.96 Å². The summed E-state index contributed by atoms with van der Waals surface area (Å²) in [6.45, 7) is 0. The van der Waals surface area contributed by atoms with Gasteiger partial charge in [-0.15, -0.1) is 0 Å². The Morgan fingerprint density at radius 1 is 1.40 bits per heavy atom. The molecule has 0 bridgehead atoms. The topological polar surface area (TPSA) is 75.9 Å². The zero-order valence-corrected chi connectivity index (χ0v) is 3.40. The van der Waals surface area contributed by atoms with E-state index < -0.39 is 0 Å². The van der Waals surface area contributed by atoms with E-state index in [4.69, 9.17) is 5.41 Å². The Hall–Kier alpha value is -0.211. The number of nitrogens with one attached hydrogen (secondary N) is 1. The molecule has 0 saturated heterocycles. The molecule has 34 valence electrons. The van der Waals surface area contributed by atoms with Crippen LogP contribution in [0.1, 0.15) is 0 Å². The fourth-order valence-corrected chi connectivity index (χ4v) is 0. The van der Waals surface area contributed by atoms with Crippen molar-refractivity contribution in [3.05, 3.63) is 0 Å². The quantitative estimate of drug-likeness (QED) is 0.215. The van der Waals surface area contributed by atoms with Crippen LogP contribution < -0.4 is 11.5 Å². The van der Waals surface area contributed by atoms with Gasteiger partial charge in [-0.1, -0.05) is 0 Å². The summed E-state index contributed by atoms with van der Waals surface area (Å²) in [4.78, 5) is 0. The first-order chi connectivity index (χ1) is 1.73. The summed E-state index contributed by atoms with van der Waals surface area (Å²) in [7, 11) is 0. The molecular formula is CH5CuN3+. The summed E-state index contributed by atoms with van der Waals surface area (Å²) in [5.74, 6) is -0.333. The standard InChI is InChI=1S/CH5N3.Cu/c2-1(3)4;/h(H5,2,3,4);/q;+1. The van der Waals surface area contributed by atoms with Crippen LogP contribution in [0, 0.1) is 5.41 Å². The minimum absolute atomic E-state index is 0. The molecule has 0 aliphatic heterocycles. The van der Waals surface area contributed by atoms with Crippen LogP contribution in [0.15, 0.2) is 0 Å². The maximum atomic E-state index is 6.06. The number of nitrogens with two attached hydrogens (primary N) is 2. The zero-order chi connectivity index (χ0) is 3.58. The Morgan fingerprint density at radius 2 is 1.40 bits per heavy atom. The molecule has 0 radical (unpaired) electrons. The van der Waals surface area contributed by atoms with E-state index in [0.29, 0.717) is 0 Å². The summed E-state index contributed by atoms with van der Waals surface area (Å²) in [6.07, 6.45) is 0. The number of guanidine groups is 1. The second kappa shape index (κ2) is 3.79. The van der Waals surface area contributed by atoms with Crippen molar-refractivity contribution in [1.82, 2.24) is 0 Å². The second-order valence-electron chi connectivity index (χ2n) is 0.455. The van der Waals surface area contributed by atoms with E-state index in [1.54, 1.807) is 0 Å². The monoisotopic (exact) mass is 122 g/mol.